The third kappa shape index (κ3) is 11.7. The van der Waals surface area contributed by atoms with E-state index in [1.165, 1.54) is 14.2 Å². The van der Waals surface area contributed by atoms with Crippen LogP contribution in [0.3, 0.4) is 0 Å². The number of aliphatic hydroxyl groups excluding tert-OH is 3. The Morgan fingerprint density at radius 2 is 1.51 bits per heavy atom. The molecule has 1 saturated heterocycles. The van der Waals surface area contributed by atoms with Gasteiger partial charge in [-0.25, -0.2) is 0 Å². The largest absolute Gasteiger partial charge is 0.469 e. The van der Waals surface area contributed by atoms with Gasteiger partial charge in [-0.2, -0.15) is 0 Å². The van der Waals surface area contributed by atoms with E-state index < -0.39 is 61.2 Å². The number of nitrogens with one attached hydrogen (secondary N) is 2. The van der Waals surface area contributed by atoms with Gasteiger partial charge in [-0.3, -0.25) is 19.2 Å². The first-order chi connectivity index (χ1) is 19.7. The van der Waals surface area contributed by atoms with Crippen LogP contribution in [0.5, 0.6) is 0 Å². The Bertz CT molecular complexity index is 944. The molecule has 1 heterocycles. The van der Waals surface area contributed by atoms with Crippen LogP contribution in [0.1, 0.15) is 61.7 Å². The molecule has 0 aliphatic carbocycles. The first-order valence-corrected chi connectivity index (χ1v) is 13.7. The second-order valence-corrected chi connectivity index (χ2v) is 9.76. The molecule has 0 saturated carbocycles. The Labute approximate surface area is 239 Å². The summed E-state index contributed by atoms with van der Waals surface area (Å²) in [6.45, 7) is -0.0906. The second kappa shape index (κ2) is 18.4. The Morgan fingerprint density at radius 3 is 2.12 bits per heavy atom. The maximum atomic E-state index is 12.7. The normalized spacial score (nSPS) is 22.1. The van der Waals surface area contributed by atoms with E-state index in [0.29, 0.717) is 18.5 Å². The average Bonchev–Trinajstić information content (AvgIpc) is 2.98. The molecule has 230 valence electrons. The molecule has 1 aromatic rings. The van der Waals surface area contributed by atoms with Crippen molar-refractivity contribution in [3.8, 4) is 0 Å². The van der Waals surface area contributed by atoms with Gasteiger partial charge in [0, 0.05) is 18.5 Å². The van der Waals surface area contributed by atoms with Crippen molar-refractivity contribution in [3.63, 3.8) is 0 Å². The molecule has 0 spiro atoms. The van der Waals surface area contributed by atoms with Crippen molar-refractivity contribution >= 4 is 23.8 Å². The number of hydrogen-bond acceptors (Lipinski definition) is 11. The Balaban J connectivity index is 1.82. The zero-order chi connectivity index (χ0) is 30.2. The maximum absolute atomic E-state index is 12.7. The highest BCUT2D eigenvalue weighted by atomic mass is 16.7. The van der Waals surface area contributed by atoms with Gasteiger partial charge in [0.25, 0.3) is 5.91 Å². The van der Waals surface area contributed by atoms with E-state index in [4.69, 9.17) is 9.47 Å². The number of carbonyl (C=O) groups is 4. The minimum absolute atomic E-state index is 0.115. The van der Waals surface area contributed by atoms with Crippen LogP contribution in [0.4, 0.5) is 0 Å². The molecule has 1 aliphatic rings. The molecule has 0 bridgehead atoms. The molecule has 2 amide bonds. The number of aliphatic hydroxyl groups is 3. The average molecular weight is 583 g/mol. The van der Waals surface area contributed by atoms with Gasteiger partial charge in [0.05, 0.1) is 39.8 Å². The van der Waals surface area contributed by atoms with Gasteiger partial charge >= 0.3 is 11.9 Å². The third-order valence-electron chi connectivity index (χ3n) is 6.68. The van der Waals surface area contributed by atoms with Crippen LogP contribution in [0, 0.1) is 0 Å². The molecule has 0 radical (unpaired) electrons. The minimum Gasteiger partial charge on any atom is -0.469 e. The Hall–Kier alpha value is -3.10. The smallest absolute Gasteiger partial charge is 0.308 e. The fourth-order valence-electron chi connectivity index (χ4n) is 4.34. The lowest BCUT2D eigenvalue weighted by Crippen LogP contribution is -2.65. The van der Waals surface area contributed by atoms with E-state index in [2.05, 4.69) is 20.1 Å². The van der Waals surface area contributed by atoms with E-state index in [1.807, 2.05) is 6.07 Å². The van der Waals surface area contributed by atoms with E-state index in [0.717, 1.165) is 25.7 Å². The molecule has 0 aromatic heterocycles. The summed E-state index contributed by atoms with van der Waals surface area (Å²) in [5.41, 5.74) is 0.612. The quantitative estimate of drug-likeness (QED) is 0.125. The summed E-state index contributed by atoms with van der Waals surface area (Å²) in [6, 6.07) is 7.72. The summed E-state index contributed by atoms with van der Waals surface area (Å²) in [5, 5.41) is 36.1. The summed E-state index contributed by atoms with van der Waals surface area (Å²) < 4.78 is 20.6. The molecule has 1 aromatic carbocycles. The molecular weight excluding hydrogens is 540 g/mol. The van der Waals surface area contributed by atoms with E-state index in [-0.39, 0.29) is 25.2 Å². The van der Waals surface area contributed by atoms with Crippen molar-refractivity contribution in [2.75, 3.05) is 27.4 Å². The summed E-state index contributed by atoms with van der Waals surface area (Å²) in [4.78, 5) is 48.4. The molecule has 2 rings (SSSR count). The topological polar surface area (TPSA) is 190 Å². The lowest BCUT2D eigenvalue weighted by Gasteiger charge is -2.43. The van der Waals surface area contributed by atoms with Gasteiger partial charge in [0.15, 0.2) is 6.29 Å². The lowest BCUT2D eigenvalue weighted by atomic mass is 9.96. The number of unbranched alkanes of at least 4 members (excludes halogenated alkanes) is 4. The summed E-state index contributed by atoms with van der Waals surface area (Å²) in [7, 11) is 2.34. The molecule has 1 aliphatic heterocycles. The van der Waals surface area contributed by atoms with Gasteiger partial charge in [0.1, 0.15) is 24.4 Å². The molecular formula is C28H42N2O11. The molecule has 13 nitrogen and oxygen atoms in total. The zero-order valence-corrected chi connectivity index (χ0v) is 23.5. The zero-order valence-electron chi connectivity index (χ0n) is 23.5. The molecule has 41 heavy (non-hydrogen) atoms. The molecule has 5 atom stereocenters. The van der Waals surface area contributed by atoms with Gasteiger partial charge in [0.2, 0.25) is 5.91 Å². The maximum Gasteiger partial charge on any atom is 0.308 e. The van der Waals surface area contributed by atoms with Crippen molar-refractivity contribution in [1.29, 1.82) is 0 Å². The van der Waals surface area contributed by atoms with E-state index >= 15 is 0 Å². The van der Waals surface area contributed by atoms with E-state index in [9.17, 15) is 34.5 Å². The SMILES string of the molecule is COC(=O)CC(CC(=O)OC)O[C@H]1O[C@H](CO)[C@@H](O)[C@H](O)[C@H]1NC(=O)CCCCCCCNC(=O)c1ccccc1. The standard InChI is InChI=1S/C28H42N2O11/c1-38-22(33)15-19(16-23(34)39-2)40-28-24(26(36)25(35)20(17-31)41-28)30-21(32)13-9-4-3-5-10-14-29-27(37)18-11-7-6-8-12-18/h6-8,11-12,19-20,24-26,28,31,35-36H,3-5,9-10,13-17H2,1-2H3,(H,29,37)(H,30,32)/t20-,24-,25-,26-,28+/m1/s1. The number of rotatable bonds is 17. The molecule has 1 fully saturated rings. The first kappa shape index (κ1) is 34.1. The fourth-order valence-corrected chi connectivity index (χ4v) is 4.34. The van der Waals surface area contributed by atoms with Crippen LogP contribution in [-0.4, -0.2) is 103 Å². The predicted octanol–water partition coefficient (Wildman–Crippen LogP) is 0.192. The number of hydrogen-bond donors (Lipinski definition) is 5. The summed E-state index contributed by atoms with van der Waals surface area (Å²) in [6.07, 6.45) is -3.47. The highest BCUT2D eigenvalue weighted by Gasteiger charge is 2.46. The number of amides is 2. The Kier molecular flexibility index (Phi) is 15.3. The van der Waals surface area contributed by atoms with Crippen molar-refractivity contribution in [2.24, 2.45) is 0 Å². The number of methoxy groups -OCH3 is 2. The number of esters is 2. The first-order valence-electron chi connectivity index (χ1n) is 13.7. The van der Waals surface area contributed by atoms with Crippen LogP contribution in [0.2, 0.25) is 0 Å². The molecule has 0 unspecified atom stereocenters. The van der Waals surface area contributed by atoms with Crippen molar-refractivity contribution in [1.82, 2.24) is 10.6 Å². The van der Waals surface area contributed by atoms with Gasteiger partial charge in [-0.05, 0) is 25.0 Å². The highest BCUT2D eigenvalue weighted by Crippen LogP contribution is 2.25. The number of benzene rings is 1. The third-order valence-corrected chi connectivity index (χ3v) is 6.68. The van der Waals surface area contributed by atoms with Crippen molar-refractivity contribution in [3.05, 3.63) is 35.9 Å². The Morgan fingerprint density at radius 1 is 0.902 bits per heavy atom. The highest BCUT2D eigenvalue weighted by molar-refractivity contribution is 5.94. The monoisotopic (exact) mass is 582 g/mol. The van der Waals surface area contributed by atoms with Gasteiger partial charge < -0.3 is 44.9 Å². The minimum atomic E-state index is -1.56. The molecule has 13 heteroatoms. The predicted molar refractivity (Wildman–Crippen MR) is 144 cm³/mol. The second-order valence-electron chi connectivity index (χ2n) is 9.76. The van der Waals surface area contributed by atoms with Crippen molar-refractivity contribution in [2.45, 2.75) is 88.1 Å². The van der Waals surface area contributed by atoms with Crippen LogP contribution < -0.4 is 10.6 Å². The fraction of sp³-hybridized carbons (Fsp3) is 0.643. The van der Waals surface area contributed by atoms with Gasteiger partial charge in [-0.15, -0.1) is 0 Å². The van der Waals surface area contributed by atoms with Gasteiger partial charge in [-0.1, -0.05) is 37.5 Å². The summed E-state index contributed by atoms with van der Waals surface area (Å²) >= 11 is 0. The number of carbonyl (C=O) groups excluding carboxylic acids is 4. The van der Waals surface area contributed by atoms with Crippen LogP contribution in [0.15, 0.2) is 30.3 Å². The van der Waals surface area contributed by atoms with Crippen LogP contribution in [0.25, 0.3) is 0 Å². The van der Waals surface area contributed by atoms with E-state index in [1.54, 1.807) is 24.3 Å². The number of ether oxygens (including phenoxy) is 4. The van der Waals surface area contributed by atoms with Crippen LogP contribution >= 0.6 is 0 Å². The lowest BCUT2D eigenvalue weighted by molar-refractivity contribution is -0.282. The summed E-state index contributed by atoms with van der Waals surface area (Å²) in [5.74, 6) is -1.88. The van der Waals surface area contributed by atoms with Crippen molar-refractivity contribution < 1.29 is 53.4 Å². The van der Waals surface area contributed by atoms with Crippen LogP contribution in [-0.2, 0) is 33.3 Å². The molecule has 5 N–H and O–H groups in total.